The molecule has 0 aliphatic rings. The minimum Gasteiger partial charge on any atom is -0.309 e. The molecule has 5 rings (SSSR count). The van der Waals surface area contributed by atoms with Crippen LogP contribution in [0.3, 0.4) is 0 Å². The Morgan fingerprint density at radius 2 is 1.33 bits per heavy atom. The van der Waals surface area contributed by atoms with Gasteiger partial charge in [-0.1, -0.05) is 84.9 Å². The summed E-state index contributed by atoms with van der Waals surface area (Å²) in [4.78, 5) is 8.71. The Kier molecular flexibility index (Phi) is 5.32. The van der Waals surface area contributed by atoms with Gasteiger partial charge in [0.25, 0.3) is 0 Å². The van der Waals surface area contributed by atoms with E-state index in [2.05, 4.69) is 57.0 Å². The van der Waals surface area contributed by atoms with Crippen LogP contribution < -0.4 is 0 Å². The highest BCUT2D eigenvalue weighted by Crippen LogP contribution is 2.32. The maximum Gasteiger partial charge on any atom is 0.226 e. The standard InChI is InChI=1S/C28H19N5/c29-18-27(30)32-28(20-10-2-1-3-11-20)31-19-21-12-4-7-15-24(21)33-25-16-8-5-13-22(25)23-14-6-9-17-26(23)33/h1-17,19,30H/b30-27?,31-19+,32-28-. The van der Waals surface area contributed by atoms with Gasteiger partial charge in [-0.05, 0) is 18.2 Å². The van der Waals surface area contributed by atoms with Crippen molar-refractivity contribution in [2.75, 3.05) is 0 Å². The predicted molar refractivity (Wildman–Crippen MR) is 135 cm³/mol. The smallest absolute Gasteiger partial charge is 0.226 e. The van der Waals surface area contributed by atoms with Crippen molar-refractivity contribution in [3.8, 4) is 11.8 Å². The third-order valence-electron chi connectivity index (χ3n) is 5.44. The van der Waals surface area contributed by atoms with E-state index >= 15 is 0 Å². The molecular weight excluding hydrogens is 406 g/mol. The number of amidine groups is 2. The SMILES string of the molecule is N#CC(=N)/N=C(\N=C\c1ccccc1-n1c2ccccc2c2ccccc21)c1ccccc1. The molecule has 1 N–H and O–H groups in total. The van der Waals surface area contributed by atoms with Gasteiger partial charge in [-0.25, -0.2) is 4.99 Å². The average molecular weight is 425 g/mol. The molecule has 5 nitrogen and oxygen atoms in total. The average Bonchev–Trinajstić information content (AvgIpc) is 3.21. The summed E-state index contributed by atoms with van der Waals surface area (Å²) >= 11 is 0. The molecular formula is C28H19N5. The number of fused-ring (bicyclic) bond motifs is 3. The van der Waals surface area contributed by atoms with E-state index in [-0.39, 0.29) is 5.84 Å². The highest BCUT2D eigenvalue weighted by atomic mass is 15.0. The van der Waals surface area contributed by atoms with Gasteiger partial charge < -0.3 is 4.57 Å². The lowest BCUT2D eigenvalue weighted by Gasteiger charge is -2.11. The normalized spacial score (nSPS) is 11.8. The topological polar surface area (TPSA) is 77.3 Å². The summed E-state index contributed by atoms with van der Waals surface area (Å²) in [6.45, 7) is 0. The lowest BCUT2D eigenvalue weighted by molar-refractivity contribution is 1.17. The Morgan fingerprint density at radius 3 is 2.00 bits per heavy atom. The highest BCUT2D eigenvalue weighted by molar-refractivity contribution is 6.13. The van der Waals surface area contributed by atoms with Gasteiger partial charge in [0.05, 0.1) is 16.7 Å². The highest BCUT2D eigenvalue weighted by Gasteiger charge is 2.13. The molecule has 0 saturated heterocycles. The van der Waals surface area contributed by atoms with Crippen molar-refractivity contribution in [2.24, 2.45) is 9.98 Å². The number of aromatic nitrogens is 1. The van der Waals surface area contributed by atoms with Gasteiger partial charge in [-0.15, -0.1) is 0 Å². The molecule has 156 valence electrons. The second-order valence-corrected chi connectivity index (χ2v) is 7.45. The van der Waals surface area contributed by atoms with Crippen LogP contribution >= 0.6 is 0 Å². The summed E-state index contributed by atoms with van der Waals surface area (Å²) in [5.41, 5.74) is 4.85. The molecule has 0 aliphatic carbocycles. The molecule has 4 aromatic carbocycles. The van der Waals surface area contributed by atoms with Crippen molar-refractivity contribution in [3.63, 3.8) is 0 Å². The Labute approximate surface area is 191 Å². The van der Waals surface area contributed by atoms with Crippen molar-refractivity contribution in [1.29, 1.82) is 10.7 Å². The number of nitrogens with zero attached hydrogens (tertiary/aromatic N) is 4. The number of aliphatic imine (C=N–C) groups is 2. The van der Waals surface area contributed by atoms with E-state index < -0.39 is 0 Å². The van der Waals surface area contributed by atoms with Crippen LogP contribution in [0.1, 0.15) is 11.1 Å². The van der Waals surface area contributed by atoms with Crippen LogP contribution in [0.2, 0.25) is 0 Å². The number of nitriles is 1. The number of nitrogens with one attached hydrogen (secondary N) is 1. The summed E-state index contributed by atoms with van der Waals surface area (Å²) < 4.78 is 2.24. The molecule has 33 heavy (non-hydrogen) atoms. The molecule has 0 spiro atoms. The molecule has 0 radical (unpaired) electrons. The molecule has 0 aliphatic heterocycles. The van der Waals surface area contributed by atoms with Gasteiger partial charge in [-0.2, -0.15) is 10.3 Å². The zero-order valence-corrected chi connectivity index (χ0v) is 17.7. The summed E-state index contributed by atoms with van der Waals surface area (Å²) in [5, 5.41) is 19.1. The maximum absolute atomic E-state index is 9.05. The van der Waals surface area contributed by atoms with Crippen molar-refractivity contribution in [3.05, 3.63) is 114 Å². The summed E-state index contributed by atoms with van der Waals surface area (Å²) in [7, 11) is 0. The minimum absolute atomic E-state index is 0.319. The van der Waals surface area contributed by atoms with E-state index in [1.165, 1.54) is 10.8 Å². The number of rotatable bonds is 3. The Hall–Kier alpha value is -4.82. The van der Waals surface area contributed by atoms with Crippen LogP contribution in [0.5, 0.6) is 0 Å². The Morgan fingerprint density at radius 1 is 0.758 bits per heavy atom. The van der Waals surface area contributed by atoms with Crippen molar-refractivity contribution < 1.29 is 0 Å². The van der Waals surface area contributed by atoms with Gasteiger partial charge in [0.15, 0.2) is 5.84 Å². The third kappa shape index (κ3) is 3.82. The fourth-order valence-electron chi connectivity index (χ4n) is 4.00. The van der Waals surface area contributed by atoms with E-state index in [4.69, 9.17) is 10.7 Å². The van der Waals surface area contributed by atoms with E-state index in [1.54, 1.807) is 12.3 Å². The molecule has 0 bridgehead atoms. The summed E-state index contributed by atoms with van der Waals surface area (Å²) in [5.74, 6) is -0.0686. The number of para-hydroxylation sites is 3. The quantitative estimate of drug-likeness (QED) is 0.273. The lowest BCUT2D eigenvalue weighted by Crippen LogP contribution is -2.04. The number of benzene rings is 4. The third-order valence-corrected chi connectivity index (χ3v) is 5.44. The first-order valence-corrected chi connectivity index (χ1v) is 10.5. The molecule has 0 fully saturated rings. The number of hydrogen-bond donors (Lipinski definition) is 1. The van der Waals surface area contributed by atoms with Crippen molar-refractivity contribution in [1.82, 2.24) is 4.57 Å². The second-order valence-electron chi connectivity index (χ2n) is 7.45. The molecule has 1 heterocycles. The maximum atomic E-state index is 9.05. The first kappa shape index (κ1) is 20.1. The van der Waals surface area contributed by atoms with Crippen LogP contribution in [-0.4, -0.2) is 22.5 Å². The van der Waals surface area contributed by atoms with Gasteiger partial charge >= 0.3 is 0 Å². The molecule has 0 amide bonds. The van der Waals surface area contributed by atoms with Crippen molar-refractivity contribution in [2.45, 2.75) is 0 Å². The van der Waals surface area contributed by atoms with E-state index in [9.17, 15) is 0 Å². The van der Waals surface area contributed by atoms with Crippen LogP contribution in [-0.2, 0) is 0 Å². The van der Waals surface area contributed by atoms with Gasteiger partial charge in [0.2, 0.25) is 5.84 Å². The molecule has 0 atom stereocenters. The van der Waals surface area contributed by atoms with E-state index in [1.807, 2.05) is 60.7 Å². The lowest BCUT2D eigenvalue weighted by atomic mass is 10.1. The van der Waals surface area contributed by atoms with E-state index in [0.29, 0.717) is 5.84 Å². The van der Waals surface area contributed by atoms with Gasteiger partial charge in [-0.3, -0.25) is 5.41 Å². The Bertz CT molecular complexity index is 1530. The zero-order chi connectivity index (χ0) is 22.6. The minimum atomic E-state index is -0.387. The number of hydrogen-bond acceptors (Lipinski definition) is 2. The second kappa shape index (κ2) is 8.74. The molecule has 0 unspecified atom stereocenters. The van der Waals surface area contributed by atoms with E-state index in [0.717, 1.165) is 27.8 Å². The molecule has 5 heteroatoms. The van der Waals surface area contributed by atoms with Crippen LogP contribution in [0.4, 0.5) is 0 Å². The van der Waals surface area contributed by atoms with Crippen LogP contribution in [0, 0.1) is 16.7 Å². The van der Waals surface area contributed by atoms with Crippen molar-refractivity contribution >= 4 is 39.7 Å². The zero-order valence-electron chi connectivity index (χ0n) is 17.7. The predicted octanol–water partition coefficient (Wildman–Crippen LogP) is 6.15. The molecule has 5 aromatic rings. The van der Waals surface area contributed by atoms with Crippen LogP contribution in [0.15, 0.2) is 113 Å². The van der Waals surface area contributed by atoms with Gasteiger partial charge in [0, 0.05) is 28.1 Å². The molecule has 0 saturated carbocycles. The Balaban J connectivity index is 1.68. The fraction of sp³-hybridized carbons (Fsp3) is 0. The summed E-state index contributed by atoms with van der Waals surface area (Å²) in [6.07, 6.45) is 1.75. The first-order chi connectivity index (χ1) is 16.3. The van der Waals surface area contributed by atoms with Gasteiger partial charge in [0.1, 0.15) is 6.07 Å². The molecule has 1 aromatic heterocycles. The monoisotopic (exact) mass is 425 g/mol. The first-order valence-electron chi connectivity index (χ1n) is 10.5. The van der Waals surface area contributed by atoms with Crippen LogP contribution in [0.25, 0.3) is 27.5 Å². The largest absolute Gasteiger partial charge is 0.309 e. The summed E-state index contributed by atoms with van der Waals surface area (Å²) in [6, 6.07) is 35.9. The fourth-order valence-corrected chi connectivity index (χ4v) is 4.00.